The van der Waals surface area contributed by atoms with Gasteiger partial charge in [0.25, 0.3) is 0 Å². The highest BCUT2D eigenvalue weighted by atomic mass is 32.1. The van der Waals surface area contributed by atoms with Crippen molar-refractivity contribution in [3.8, 4) is 0 Å². The molecule has 24 heavy (non-hydrogen) atoms. The third-order valence-electron chi connectivity index (χ3n) is 4.09. The van der Waals surface area contributed by atoms with E-state index < -0.39 is 0 Å². The molecule has 0 bridgehead atoms. The highest BCUT2D eigenvalue weighted by Gasteiger charge is 2.30. The van der Waals surface area contributed by atoms with Gasteiger partial charge >= 0.3 is 12.0 Å². The van der Waals surface area contributed by atoms with Crippen LogP contribution in [0.3, 0.4) is 0 Å². The standard InChI is InChI=1S/C18H20N2O3S/c1-2-23-17(21)13-5-7-15(8-6-13)19-18(22)20-10-3-4-16(20)14-9-11-24-12-14/h5-9,11-12,16H,2-4,10H2,1H3,(H,19,22)/t16-/m0/s1. The van der Waals surface area contributed by atoms with Crippen LogP contribution in [0.1, 0.15) is 41.7 Å². The molecule has 3 rings (SSSR count). The largest absolute Gasteiger partial charge is 0.462 e. The summed E-state index contributed by atoms with van der Waals surface area (Å²) in [5, 5.41) is 7.05. The fraction of sp³-hybridized carbons (Fsp3) is 0.333. The number of esters is 1. The van der Waals surface area contributed by atoms with Gasteiger partial charge in [-0.1, -0.05) is 0 Å². The molecule has 1 N–H and O–H groups in total. The number of carbonyl (C=O) groups excluding carboxylic acids is 2. The van der Waals surface area contributed by atoms with E-state index in [1.165, 1.54) is 5.56 Å². The quantitative estimate of drug-likeness (QED) is 0.842. The first-order chi connectivity index (χ1) is 11.7. The summed E-state index contributed by atoms with van der Waals surface area (Å²) in [6.45, 7) is 2.87. The minimum atomic E-state index is -0.354. The van der Waals surface area contributed by atoms with E-state index in [2.05, 4.69) is 16.8 Å². The van der Waals surface area contributed by atoms with Gasteiger partial charge in [-0.05, 0) is 66.4 Å². The van der Waals surface area contributed by atoms with Crippen molar-refractivity contribution in [2.75, 3.05) is 18.5 Å². The fourth-order valence-electron chi connectivity index (χ4n) is 2.92. The Morgan fingerprint density at radius 3 is 2.75 bits per heavy atom. The molecule has 1 aromatic carbocycles. The second-order valence-corrected chi connectivity index (χ2v) is 6.42. The molecular formula is C18H20N2O3S. The Morgan fingerprint density at radius 1 is 1.29 bits per heavy atom. The fourth-order valence-corrected chi connectivity index (χ4v) is 3.63. The van der Waals surface area contributed by atoms with Gasteiger partial charge in [-0.2, -0.15) is 11.3 Å². The Balaban J connectivity index is 1.65. The number of thiophene rings is 1. The molecule has 0 aliphatic carbocycles. The number of rotatable bonds is 4. The third kappa shape index (κ3) is 3.59. The lowest BCUT2D eigenvalue weighted by atomic mass is 10.1. The number of ether oxygens (including phenoxy) is 1. The van der Waals surface area contributed by atoms with Crippen LogP contribution in [0.15, 0.2) is 41.1 Å². The van der Waals surface area contributed by atoms with Crippen LogP contribution < -0.4 is 5.32 Å². The molecule has 2 aromatic rings. The van der Waals surface area contributed by atoms with Gasteiger partial charge in [0.2, 0.25) is 0 Å². The lowest BCUT2D eigenvalue weighted by molar-refractivity contribution is 0.0526. The minimum Gasteiger partial charge on any atom is -0.462 e. The molecule has 2 heterocycles. The highest BCUT2D eigenvalue weighted by molar-refractivity contribution is 7.08. The van der Waals surface area contributed by atoms with Crippen LogP contribution in [0.5, 0.6) is 0 Å². The Hall–Kier alpha value is -2.34. The number of hydrogen-bond donors (Lipinski definition) is 1. The summed E-state index contributed by atoms with van der Waals surface area (Å²) < 4.78 is 4.95. The zero-order chi connectivity index (χ0) is 16.9. The summed E-state index contributed by atoms with van der Waals surface area (Å²) in [7, 11) is 0. The summed E-state index contributed by atoms with van der Waals surface area (Å²) in [6, 6.07) is 8.89. The molecule has 5 nitrogen and oxygen atoms in total. The van der Waals surface area contributed by atoms with E-state index in [4.69, 9.17) is 4.74 Å². The molecule has 1 aliphatic rings. The SMILES string of the molecule is CCOC(=O)c1ccc(NC(=O)N2CCC[C@H]2c2ccsc2)cc1. The van der Waals surface area contributed by atoms with Crippen molar-refractivity contribution in [1.29, 1.82) is 0 Å². The van der Waals surface area contributed by atoms with Gasteiger partial charge in [0, 0.05) is 12.2 Å². The van der Waals surface area contributed by atoms with Crippen molar-refractivity contribution in [3.05, 3.63) is 52.2 Å². The number of anilines is 1. The van der Waals surface area contributed by atoms with Gasteiger partial charge in [-0.3, -0.25) is 0 Å². The summed E-state index contributed by atoms with van der Waals surface area (Å²) in [5.74, 6) is -0.354. The maximum atomic E-state index is 12.6. The number of nitrogens with one attached hydrogen (secondary N) is 1. The van der Waals surface area contributed by atoms with Crippen molar-refractivity contribution < 1.29 is 14.3 Å². The van der Waals surface area contributed by atoms with Crippen LogP contribution in [-0.4, -0.2) is 30.1 Å². The van der Waals surface area contributed by atoms with E-state index in [1.54, 1.807) is 42.5 Å². The molecule has 0 unspecified atom stereocenters. The second kappa shape index (κ2) is 7.49. The molecule has 0 radical (unpaired) electrons. The normalized spacial score (nSPS) is 16.9. The Morgan fingerprint density at radius 2 is 2.08 bits per heavy atom. The molecule has 1 saturated heterocycles. The lowest BCUT2D eigenvalue weighted by Gasteiger charge is -2.24. The number of nitrogens with zero attached hydrogens (tertiary/aromatic N) is 1. The van der Waals surface area contributed by atoms with Crippen molar-refractivity contribution in [2.45, 2.75) is 25.8 Å². The maximum absolute atomic E-state index is 12.6. The van der Waals surface area contributed by atoms with Crippen molar-refractivity contribution in [3.63, 3.8) is 0 Å². The van der Waals surface area contributed by atoms with E-state index in [0.717, 1.165) is 19.4 Å². The van der Waals surface area contributed by atoms with Gasteiger partial charge < -0.3 is 15.0 Å². The zero-order valence-electron chi connectivity index (χ0n) is 13.5. The summed E-state index contributed by atoms with van der Waals surface area (Å²) >= 11 is 1.65. The van der Waals surface area contributed by atoms with Crippen LogP contribution in [-0.2, 0) is 4.74 Å². The minimum absolute atomic E-state index is 0.104. The molecule has 126 valence electrons. The van der Waals surface area contributed by atoms with Crippen LogP contribution in [0.4, 0.5) is 10.5 Å². The van der Waals surface area contributed by atoms with Crippen LogP contribution >= 0.6 is 11.3 Å². The second-order valence-electron chi connectivity index (χ2n) is 5.64. The van der Waals surface area contributed by atoms with Gasteiger partial charge in [0.15, 0.2) is 0 Å². The molecule has 0 saturated carbocycles. The Kier molecular flexibility index (Phi) is 5.15. The van der Waals surface area contributed by atoms with Crippen molar-refractivity contribution in [1.82, 2.24) is 4.90 Å². The molecule has 1 atom stereocenters. The number of hydrogen-bond acceptors (Lipinski definition) is 4. The summed E-state index contributed by atoms with van der Waals surface area (Å²) in [6.07, 6.45) is 2.00. The number of amides is 2. The Bertz CT molecular complexity index is 698. The predicted octanol–water partition coefficient (Wildman–Crippen LogP) is 4.29. The molecule has 6 heteroatoms. The molecule has 1 aliphatic heterocycles. The first-order valence-corrected chi connectivity index (χ1v) is 9.00. The summed E-state index contributed by atoms with van der Waals surface area (Å²) in [5.41, 5.74) is 2.35. The van der Waals surface area contributed by atoms with Crippen molar-refractivity contribution >= 4 is 29.0 Å². The first-order valence-electron chi connectivity index (χ1n) is 8.06. The predicted molar refractivity (Wildman–Crippen MR) is 94.4 cm³/mol. The molecule has 1 aromatic heterocycles. The van der Waals surface area contributed by atoms with E-state index in [-0.39, 0.29) is 18.0 Å². The number of urea groups is 1. The molecule has 2 amide bonds. The average Bonchev–Trinajstić information content (AvgIpc) is 3.26. The maximum Gasteiger partial charge on any atom is 0.338 e. The van der Waals surface area contributed by atoms with Crippen LogP contribution in [0.2, 0.25) is 0 Å². The number of carbonyl (C=O) groups is 2. The number of benzene rings is 1. The third-order valence-corrected chi connectivity index (χ3v) is 4.79. The molecular weight excluding hydrogens is 324 g/mol. The van der Waals surface area contributed by atoms with E-state index in [1.807, 2.05) is 10.3 Å². The summed E-state index contributed by atoms with van der Waals surface area (Å²) in [4.78, 5) is 26.1. The van der Waals surface area contributed by atoms with Crippen LogP contribution in [0.25, 0.3) is 0 Å². The molecule has 0 spiro atoms. The van der Waals surface area contributed by atoms with E-state index >= 15 is 0 Å². The molecule has 1 fully saturated rings. The highest BCUT2D eigenvalue weighted by Crippen LogP contribution is 2.33. The first kappa shape index (κ1) is 16.5. The van der Waals surface area contributed by atoms with Crippen LogP contribution in [0, 0.1) is 0 Å². The topological polar surface area (TPSA) is 58.6 Å². The Labute approximate surface area is 145 Å². The van der Waals surface area contributed by atoms with Crippen molar-refractivity contribution in [2.24, 2.45) is 0 Å². The average molecular weight is 344 g/mol. The van der Waals surface area contributed by atoms with E-state index in [9.17, 15) is 9.59 Å². The van der Waals surface area contributed by atoms with Gasteiger partial charge in [0.1, 0.15) is 0 Å². The lowest BCUT2D eigenvalue weighted by Crippen LogP contribution is -2.34. The smallest absolute Gasteiger partial charge is 0.338 e. The van der Waals surface area contributed by atoms with Gasteiger partial charge in [-0.15, -0.1) is 0 Å². The van der Waals surface area contributed by atoms with Gasteiger partial charge in [0.05, 0.1) is 18.2 Å². The monoisotopic (exact) mass is 344 g/mol. The zero-order valence-corrected chi connectivity index (χ0v) is 14.3. The van der Waals surface area contributed by atoms with Gasteiger partial charge in [-0.25, -0.2) is 9.59 Å². The van der Waals surface area contributed by atoms with E-state index in [0.29, 0.717) is 17.9 Å². The number of likely N-dealkylation sites (tertiary alicyclic amines) is 1.